The third kappa shape index (κ3) is 3.69. The molecule has 2 rings (SSSR count). The molecule has 1 aliphatic rings. The third-order valence-electron chi connectivity index (χ3n) is 4.16. The molecular formula is C15H19FN2O4S. The van der Waals surface area contributed by atoms with Crippen LogP contribution in [-0.2, 0) is 19.4 Å². The number of piperidine rings is 1. The molecule has 1 saturated heterocycles. The second-order valence-corrected chi connectivity index (χ2v) is 7.91. The van der Waals surface area contributed by atoms with Crippen molar-refractivity contribution in [2.75, 3.05) is 13.1 Å². The molecule has 23 heavy (non-hydrogen) atoms. The van der Waals surface area contributed by atoms with Crippen molar-refractivity contribution in [3.05, 3.63) is 30.1 Å². The molecule has 2 N–H and O–H groups in total. The van der Waals surface area contributed by atoms with Crippen molar-refractivity contribution in [2.45, 2.75) is 29.9 Å². The van der Waals surface area contributed by atoms with Crippen LogP contribution < -0.4 is 5.73 Å². The zero-order chi connectivity index (χ0) is 17.2. The van der Waals surface area contributed by atoms with E-state index in [9.17, 15) is 22.4 Å². The van der Waals surface area contributed by atoms with Gasteiger partial charge in [0.15, 0.2) is 9.84 Å². The largest absolute Gasteiger partial charge is 0.369 e. The topological polar surface area (TPSA) is 97.5 Å². The fourth-order valence-electron chi connectivity index (χ4n) is 2.60. The molecule has 0 saturated carbocycles. The Morgan fingerprint density at radius 1 is 1.22 bits per heavy atom. The Kier molecular flexibility index (Phi) is 5.03. The summed E-state index contributed by atoms with van der Waals surface area (Å²) in [5.41, 5.74) is 5.24. The lowest BCUT2D eigenvalue weighted by atomic mass is 9.96. The SMILES string of the molecule is C[C@H](C(=O)N1CCC(C(N)=O)CC1)S(=O)(=O)c1ccc(F)cc1. The van der Waals surface area contributed by atoms with Crippen LogP contribution >= 0.6 is 0 Å². The lowest BCUT2D eigenvalue weighted by molar-refractivity contribution is -0.134. The van der Waals surface area contributed by atoms with Gasteiger partial charge in [0, 0.05) is 19.0 Å². The van der Waals surface area contributed by atoms with Gasteiger partial charge in [-0.05, 0) is 44.0 Å². The van der Waals surface area contributed by atoms with Gasteiger partial charge in [-0.25, -0.2) is 12.8 Å². The van der Waals surface area contributed by atoms with Gasteiger partial charge in [0.05, 0.1) is 4.90 Å². The summed E-state index contributed by atoms with van der Waals surface area (Å²) >= 11 is 0. The highest BCUT2D eigenvalue weighted by molar-refractivity contribution is 7.92. The smallest absolute Gasteiger partial charge is 0.241 e. The highest BCUT2D eigenvalue weighted by atomic mass is 32.2. The molecule has 0 unspecified atom stereocenters. The van der Waals surface area contributed by atoms with Gasteiger partial charge in [0.2, 0.25) is 11.8 Å². The van der Waals surface area contributed by atoms with Gasteiger partial charge in [-0.1, -0.05) is 0 Å². The number of nitrogens with zero attached hydrogens (tertiary/aromatic N) is 1. The standard InChI is InChI=1S/C15H19FN2O4S/c1-10(23(21,22)13-4-2-12(16)3-5-13)15(20)18-8-6-11(7-9-18)14(17)19/h2-5,10-11H,6-9H2,1H3,(H2,17,19)/t10-/m1/s1. The van der Waals surface area contributed by atoms with Crippen LogP contribution in [0.3, 0.4) is 0 Å². The van der Waals surface area contributed by atoms with E-state index in [2.05, 4.69) is 0 Å². The van der Waals surface area contributed by atoms with E-state index in [4.69, 9.17) is 5.73 Å². The minimum absolute atomic E-state index is 0.0910. The number of sulfone groups is 1. The lowest BCUT2D eigenvalue weighted by Gasteiger charge is -2.32. The molecule has 1 aliphatic heterocycles. The Morgan fingerprint density at radius 2 is 1.74 bits per heavy atom. The maximum Gasteiger partial charge on any atom is 0.241 e. The number of carbonyl (C=O) groups excluding carboxylic acids is 2. The van der Waals surface area contributed by atoms with Crippen molar-refractivity contribution in [2.24, 2.45) is 11.7 Å². The van der Waals surface area contributed by atoms with Crippen molar-refractivity contribution in [3.63, 3.8) is 0 Å². The summed E-state index contributed by atoms with van der Waals surface area (Å²) in [4.78, 5) is 24.9. The first-order valence-electron chi connectivity index (χ1n) is 7.31. The quantitative estimate of drug-likeness (QED) is 0.815. The summed E-state index contributed by atoms with van der Waals surface area (Å²) in [7, 11) is -3.88. The van der Waals surface area contributed by atoms with Crippen molar-refractivity contribution in [3.8, 4) is 0 Å². The zero-order valence-corrected chi connectivity index (χ0v) is 13.6. The molecule has 1 aromatic carbocycles. The monoisotopic (exact) mass is 342 g/mol. The number of hydrogen-bond donors (Lipinski definition) is 1. The van der Waals surface area contributed by atoms with E-state index >= 15 is 0 Å². The number of amides is 2. The number of hydrogen-bond acceptors (Lipinski definition) is 4. The summed E-state index contributed by atoms with van der Waals surface area (Å²) in [5, 5.41) is -1.27. The van der Waals surface area contributed by atoms with Crippen molar-refractivity contribution >= 4 is 21.7 Å². The summed E-state index contributed by atoms with van der Waals surface area (Å²) in [6.45, 7) is 1.92. The maximum absolute atomic E-state index is 12.9. The van der Waals surface area contributed by atoms with Crippen molar-refractivity contribution in [1.82, 2.24) is 4.90 Å². The summed E-state index contributed by atoms with van der Waals surface area (Å²) in [6, 6.07) is 4.38. The molecular weight excluding hydrogens is 323 g/mol. The Bertz CT molecular complexity index is 695. The minimum atomic E-state index is -3.88. The molecule has 2 amide bonds. The fourth-order valence-corrected chi connectivity index (χ4v) is 3.94. The molecule has 6 nitrogen and oxygen atoms in total. The van der Waals surface area contributed by atoms with Crippen LogP contribution in [0.2, 0.25) is 0 Å². The van der Waals surface area contributed by atoms with Gasteiger partial charge >= 0.3 is 0 Å². The Hall–Kier alpha value is -1.96. The minimum Gasteiger partial charge on any atom is -0.369 e. The number of carbonyl (C=O) groups is 2. The molecule has 0 aliphatic carbocycles. The van der Waals surface area contributed by atoms with E-state index in [0.717, 1.165) is 24.3 Å². The Morgan fingerprint density at radius 3 is 2.22 bits per heavy atom. The average molecular weight is 342 g/mol. The molecule has 1 fully saturated rings. The molecule has 8 heteroatoms. The molecule has 1 aromatic rings. The van der Waals surface area contributed by atoms with Gasteiger partial charge in [-0.2, -0.15) is 0 Å². The average Bonchev–Trinajstić information content (AvgIpc) is 2.54. The number of benzene rings is 1. The highest BCUT2D eigenvalue weighted by Gasteiger charge is 2.35. The van der Waals surface area contributed by atoms with Crippen LogP contribution in [-0.4, -0.2) is 43.5 Å². The van der Waals surface area contributed by atoms with Gasteiger partial charge in [-0.15, -0.1) is 0 Å². The van der Waals surface area contributed by atoms with Crippen molar-refractivity contribution < 1.29 is 22.4 Å². The summed E-state index contributed by atoms with van der Waals surface area (Å²) in [6.07, 6.45) is 0.870. The van der Waals surface area contributed by atoms with Crippen LogP contribution in [0.5, 0.6) is 0 Å². The van der Waals surface area contributed by atoms with Crippen molar-refractivity contribution in [1.29, 1.82) is 0 Å². The maximum atomic E-state index is 12.9. The number of nitrogens with two attached hydrogens (primary N) is 1. The first-order chi connectivity index (χ1) is 10.7. The van der Waals surface area contributed by atoms with Gasteiger partial charge in [-0.3, -0.25) is 9.59 Å². The van der Waals surface area contributed by atoms with E-state index in [1.54, 1.807) is 0 Å². The highest BCUT2D eigenvalue weighted by Crippen LogP contribution is 2.22. The number of primary amides is 1. The first-order valence-corrected chi connectivity index (χ1v) is 8.85. The molecule has 1 heterocycles. The summed E-state index contributed by atoms with van der Waals surface area (Å²) < 4.78 is 37.8. The van der Waals surface area contributed by atoms with Crippen LogP contribution in [0.4, 0.5) is 4.39 Å². The normalized spacial score (nSPS) is 17.7. The molecule has 126 valence electrons. The summed E-state index contributed by atoms with van der Waals surface area (Å²) in [5.74, 6) is -1.74. The molecule has 0 radical (unpaired) electrons. The Balaban J connectivity index is 2.10. The second kappa shape index (κ2) is 6.66. The number of likely N-dealkylation sites (tertiary alicyclic amines) is 1. The molecule has 0 aromatic heterocycles. The fraction of sp³-hybridized carbons (Fsp3) is 0.467. The van der Waals surface area contributed by atoms with Gasteiger partial charge < -0.3 is 10.6 Å². The second-order valence-electron chi connectivity index (χ2n) is 5.64. The van der Waals surface area contributed by atoms with E-state index in [1.807, 2.05) is 0 Å². The first kappa shape index (κ1) is 17.4. The molecule has 1 atom stereocenters. The zero-order valence-electron chi connectivity index (χ0n) is 12.7. The Labute approximate surface area is 134 Å². The van der Waals surface area contributed by atoms with Gasteiger partial charge in [0.25, 0.3) is 0 Å². The molecule has 0 spiro atoms. The number of halogens is 1. The molecule has 0 bridgehead atoms. The lowest BCUT2D eigenvalue weighted by Crippen LogP contribution is -2.47. The van der Waals surface area contributed by atoms with Gasteiger partial charge in [0.1, 0.15) is 11.1 Å². The predicted octanol–water partition coefficient (Wildman–Crippen LogP) is 0.712. The van der Waals surface area contributed by atoms with E-state index < -0.39 is 32.7 Å². The predicted molar refractivity (Wildman–Crippen MR) is 81.5 cm³/mol. The third-order valence-corrected chi connectivity index (χ3v) is 6.23. The van der Waals surface area contributed by atoms with Crippen LogP contribution in [0, 0.1) is 11.7 Å². The van der Waals surface area contributed by atoms with Crippen LogP contribution in [0.15, 0.2) is 29.2 Å². The van der Waals surface area contributed by atoms with E-state index in [1.165, 1.54) is 11.8 Å². The van der Waals surface area contributed by atoms with E-state index in [-0.39, 0.29) is 10.8 Å². The van der Waals surface area contributed by atoms with Crippen LogP contribution in [0.1, 0.15) is 19.8 Å². The van der Waals surface area contributed by atoms with E-state index in [0.29, 0.717) is 25.9 Å². The van der Waals surface area contributed by atoms with Crippen LogP contribution in [0.25, 0.3) is 0 Å². The number of rotatable bonds is 4.